The van der Waals surface area contributed by atoms with Gasteiger partial charge in [-0.2, -0.15) is 0 Å². The van der Waals surface area contributed by atoms with Gasteiger partial charge in [0.05, 0.1) is 12.6 Å². The molecule has 1 amide bonds. The van der Waals surface area contributed by atoms with E-state index < -0.39 is 6.10 Å². The minimum absolute atomic E-state index is 0.00930. The molecule has 1 N–H and O–H groups in total. The maximum Gasteiger partial charge on any atom is 0.249 e. The van der Waals surface area contributed by atoms with Crippen LogP contribution in [0.25, 0.3) is 0 Å². The Morgan fingerprint density at radius 2 is 1.74 bits per heavy atom. The summed E-state index contributed by atoms with van der Waals surface area (Å²) in [5.41, 5.74) is 4.61. The highest BCUT2D eigenvalue weighted by molar-refractivity contribution is 6.30. The maximum absolute atomic E-state index is 12.8. The molecule has 0 aliphatic carbocycles. The molecule has 1 aliphatic heterocycles. The number of fused-ring (bicyclic) bond motifs is 1. The van der Waals surface area contributed by atoms with Gasteiger partial charge in [0.25, 0.3) is 0 Å². The van der Waals surface area contributed by atoms with E-state index in [1.807, 2.05) is 60.7 Å². The van der Waals surface area contributed by atoms with Gasteiger partial charge in [-0.15, -0.1) is 0 Å². The molecule has 4 nitrogen and oxygen atoms in total. The summed E-state index contributed by atoms with van der Waals surface area (Å²) in [6, 6.07) is 26.2. The summed E-state index contributed by atoms with van der Waals surface area (Å²) < 4.78 is 5.80. The monoisotopic (exact) mass is 434 g/mol. The Balaban J connectivity index is 1.42. The SMILES string of the molecule is CC(OCc1ccccc1)C(=O)NC1Cc2cc(Cl)ccc2N(Cc2ccccc2)C1. The number of amides is 1. The van der Waals surface area contributed by atoms with E-state index in [-0.39, 0.29) is 11.9 Å². The van der Waals surface area contributed by atoms with Crippen molar-refractivity contribution < 1.29 is 9.53 Å². The van der Waals surface area contributed by atoms with Crippen molar-refractivity contribution in [1.29, 1.82) is 0 Å². The maximum atomic E-state index is 12.8. The second-order valence-electron chi connectivity index (χ2n) is 7.99. The summed E-state index contributed by atoms with van der Waals surface area (Å²) in [6.07, 6.45) is 0.224. The van der Waals surface area contributed by atoms with Crippen LogP contribution in [-0.2, 0) is 29.1 Å². The van der Waals surface area contributed by atoms with Crippen LogP contribution in [0.1, 0.15) is 23.6 Å². The van der Waals surface area contributed by atoms with Crippen molar-refractivity contribution >= 4 is 23.2 Å². The Morgan fingerprint density at radius 3 is 2.45 bits per heavy atom. The Hall–Kier alpha value is -2.82. The zero-order valence-corrected chi connectivity index (χ0v) is 18.4. The molecule has 0 fully saturated rings. The fourth-order valence-corrected chi connectivity index (χ4v) is 4.16. The average molecular weight is 435 g/mol. The molecule has 2 unspecified atom stereocenters. The molecule has 1 heterocycles. The lowest BCUT2D eigenvalue weighted by Gasteiger charge is -2.37. The van der Waals surface area contributed by atoms with Crippen molar-refractivity contribution in [1.82, 2.24) is 5.32 Å². The molecule has 31 heavy (non-hydrogen) atoms. The molecule has 2 atom stereocenters. The molecule has 0 aromatic heterocycles. The van der Waals surface area contributed by atoms with Gasteiger partial charge in [-0.1, -0.05) is 72.3 Å². The Kier molecular flexibility index (Phi) is 6.90. The van der Waals surface area contributed by atoms with Gasteiger partial charge in [0, 0.05) is 23.8 Å². The van der Waals surface area contributed by atoms with Crippen LogP contribution in [0.2, 0.25) is 5.02 Å². The second kappa shape index (κ2) is 9.99. The summed E-state index contributed by atoms with van der Waals surface area (Å²) in [4.78, 5) is 15.1. The zero-order chi connectivity index (χ0) is 21.6. The van der Waals surface area contributed by atoms with Crippen LogP contribution in [0.5, 0.6) is 0 Å². The van der Waals surface area contributed by atoms with Crippen molar-refractivity contribution in [2.24, 2.45) is 0 Å². The highest BCUT2D eigenvalue weighted by Crippen LogP contribution is 2.31. The standard InChI is InChI=1S/C26H27ClN2O2/c1-19(31-18-21-10-6-3-7-11-21)26(30)28-24-15-22-14-23(27)12-13-25(22)29(17-24)16-20-8-4-2-5-9-20/h2-14,19,24H,15-18H2,1H3,(H,28,30). The fraction of sp³-hybridized carbons (Fsp3) is 0.269. The first-order valence-electron chi connectivity index (χ1n) is 10.6. The van der Waals surface area contributed by atoms with Crippen LogP contribution < -0.4 is 10.2 Å². The molecule has 5 heteroatoms. The van der Waals surface area contributed by atoms with Crippen LogP contribution in [0.15, 0.2) is 78.9 Å². The molecule has 160 valence electrons. The first-order valence-corrected chi connectivity index (χ1v) is 11.0. The van der Waals surface area contributed by atoms with Crippen molar-refractivity contribution in [2.45, 2.75) is 38.6 Å². The minimum atomic E-state index is -0.525. The summed E-state index contributed by atoms with van der Waals surface area (Å²) in [6.45, 7) is 3.73. The number of benzene rings is 3. The van der Waals surface area contributed by atoms with Gasteiger partial charge in [-0.05, 0) is 48.2 Å². The molecule has 0 saturated heterocycles. The number of rotatable bonds is 7. The van der Waals surface area contributed by atoms with Gasteiger partial charge in [0.2, 0.25) is 5.91 Å². The molecule has 0 bridgehead atoms. The molecule has 3 aromatic rings. The third-order valence-corrected chi connectivity index (χ3v) is 5.80. The van der Waals surface area contributed by atoms with Gasteiger partial charge in [0.1, 0.15) is 6.10 Å². The van der Waals surface area contributed by atoms with Gasteiger partial charge in [0.15, 0.2) is 0 Å². The molecule has 1 aliphatic rings. The average Bonchev–Trinajstić information content (AvgIpc) is 2.78. The molecule has 3 aromatic carbocycles. The normalized spacial score (nSPS) is 16.5. The second-order valence-corrected chi connectivity index (χ2v) is 8.42. The van der Waals surface area contributed by atoms with E-state index in [4.69, 9.17) is 16.3 Å². The summed E-state index contributed by atoms with van der Waals surface area (Å²) in [5.74, 6) is -0.0916. The minimum Gasteiger partial charge on any atom is -0.365 e. The van der Waals surface area contributed by atoms with E-state index in [1.165, 1.54) is 11.3 Å². The quantitative estimate of drug-likeness (QED) is 0.569. The number of anilines is 1. The van der Waals surface area contributed by atoms with E-state index in [9.17, 15) is 4.79 Å². The number of ether oxygens (including phenoxy) is 1. The number of nitrogens with zero attached hydrogens (tertiary/aromatic N) is 1. The van der Waals surface area contributed by atoms with Crippen molar-refractivity contribution in [3.8, 4) is 0 Å². The number of carbonyl (C=O) groups is 1. The van der Waals surface area contributed by atoms with Gasteiger partial charge in [-0.25, -0.2) is 0 Å². The largest absolute Gasteiger partial charge is 0.365 e. The van der Waals surface area contributed by atoms with E-state index >= 15 is 0 Å². The Labute approximate surface area is 188 Å². The van der Waals surface area contributed by atoms with Gasteiger partial charge >= 0.3 is 0 Å². The lowest BCUT2D eigenvalue weighted by atomic mass is 9.97. The highest BCUT2D eigenvalue weighted by atomic mass is 35.5. The molecule has 4 rings (SSSR count). The number of hydrogen-bond acceptors (Lipinski definition) is 3. The van der Waals surface area contributed by atoms with E-state index in [0.29, 0.717) is 11.6 Å². The molecular formula is C26H27ClN2O2. The first-order chi connectivity index (χ1) is 15.1. The van der Waals surface area contributed by atoms with E-state index in [0.717, 1.165) is 30.6 Å². The Morgan fingerprint density at radius 1 is 1.06 bits per heavy atom. The fourth-order valence-electron chi connectivity index (χ4n) is 3.96. The van der Waals surface area contributed by atoms with Crippen LogP contribution in [0.3, 0.4) is 0 Å². The molecular weight excluding hydrogens is 408 g/mol. The van der Waals surface area contributed by atoms with Crippen LogP contribution in [0.4, 0.5) is 5.69 Å². The summed E-state index contributed by atoms with van der Waals surface area (Å²) in [5, 5.41) is 3.90. The van der Waals surface area contributed by atoms with Crippen molar-refractivity contribution in [3.05, 3.63) is 101 Å². The number of carbonyl (C=O) groups excluding carboxylic acids is 1. The van der Waals surface area contributed by atoms with Crippen LogP contribution in [-0.4, -0.2) is 24.6 Å². The van der Waals surface area contributed by atoms with Crippen molar-refractivity contribution in [3.63, 3.8) is 0 Å². The summed E-state index contributed by atoms with van der Waals surface area (Å²) >= 11 is 6.26. The molecule has 0 spiro atoms. The lowest BCUT2D eigenvalue weighted by molar-refractivity contribution is -0.133. The number of nitrogens with one attached hydrogen (secondary N) is 1. The van der Waals surface area contributed by atoms with E-state index in [1.54, 1.807) is 6.92 Å². The molecule has 0 saturated carbocycles. The first kappa shape index (κ1) is 21.4. The van der Waals surface area contributed by atoms with E-state index in [2.05, 4.69) is 28.4 Å². The summed E-state index contributed by atoms with van der Waals surface area (Å²) in [7, 11) is 0. The predicted molar refractivity (Wildman–Crippen MR) is 125 cm³/mol. The van der Waals surface area contributed by atoms with Gasteiger partial charge < -0.3 is 15.0 Å². The topological polar surface area (TPSA) is 41.6 Å². The third-order valence-electron chi connectivity index (χ3n) is 5.56. The Bertz CT molecular complexity index is 1010. The zero-order valence-electron chi connectivity index (χ0n) is 17.6. The van der Waals surface area contributed by atoms with Crippen LogP contribution >= 0.6 is 11.6 Å². The van der Waals surface area contributed by atoms with Crippen LogP contribution in [0, 0.1) is 0 Å². The lowest BCUT2D eigenvalue weighted by Crippen LogP contribution is -2.50. The highest BCUT2D eigenvalue weighted by Gasteiger charge is 2.27. The van der Waals surface area contributed by atoms with Crippen molar-refractivity contribution in [2.75, 3.05) is 11.4 Å². The number of halogens is 1. The number of hydrogen-bond donors (Lipinski definition) is 1. The third kappa shape index (κ3) is 5.66. The smallest absolute Gasteiger partial charge is 0.249 e. The van der Waals surface area contributed by atoms with Gasteiger partial charge in [-0.3, -0.25) is 4.79 Å². The predicted octanol–water partition coefficient (Wildman–Crippen LogP) is 4.99. The molecule has 0 radical (unpaired) electrons.